The SMILES string of the molecule is CCOC(=O)c1ccc2c(n1)COC21CN(C(=O)OC(C)(C)C)C1. The van der Waals surface area contributed by atoms with Crippen molar-refractivity contribution in [2.75, 3.05) is 19.7 Å². The van der Waals surface area contributed by atoms with Gasteiger partial charge in [0.1, 0.15) is 16.9 Å². The number of hydrogen-bond donors (Lipinski definition) is 0. The molecule has 0 saturated carbocycles. The second-order valence-electron chi connectivity index (χ2n) is 7.03. The Bertz CT molecular complexity index is 674. The highest BCUT2D eigenvalue weighted by Crippen LogP contribution is 2.43. The number of carbonyl (C=O) groups is 2. The molecule has 3 heterocycles. The van der Waals surface area contributed by atoms with Gasteiger partial charge in [0.2, 0.25) is 0 Å². The van der Waals surface area contributed by atoms with Gasteiger partial charge in [-0.1, -0.05) is 6.07 Å². The molecule has 24 heavy (non-hydrogen) atoms. The average Bonchev–Trinajstić information content (AvgIpc) is 2.82. The monoisotopic (exact) mass is 334 g/mol. The fraction of sp³-hybridized carbons (Fsp3) is 0.588. The zero-order chi connectivity index (χ0) is 17.5. The summed E-state index contributed by atoms with van der Waals surface area (Å²) in [5.74, 6) is -0.440. The molecule has 1 aromatic rings. The van der Waals surface area contributed by atoms with Gasteiger partial charge in [0.25, 0.3) is 0 Å². The van der Waals surface area contributed by atoms with Gasteiger partial charge >= 0.3 is 12.1 Å². The van der Waals surface area contributed by atoms with Crippen LogP contribution in [0.1, 0.15) is 49.4 Å². The second kappa shape index (κ2) is 5.73. The lowest BCUT2D eigenvalue weighted by atomic mass is 9.87. The van der Waals surface area contributed by atoms with Crippen LogP contribution >= 0.6 is 0 Å². The van der Waals surface area contributed by atoms with Gasteiger partial charge in [-0.2, -0.15) is 0 Å². The lowest BCUT2D eigenvalue weighted by Gasteiger charge is -2.47. The summed E-state index contributed by atoms with van der Waals surface area (Å²) in [5, 5.41) is 0. The molecule has 3 rings (SSSR count). The van der Waals surface area contributed by atoms with E-state index in [1.165, 1.54) is 0 Å². The second-order valence-corrected chi connectivity index (χ2v) is 7.03. The Hall–Kier alpha value is -2.15. The summed E-state index contributed by atoms with van der Waals surface area (Å²) < 4.78 is 16.2. The van der Waals surface area contributed by atoms with Crippen molar-refractivity contribution in [1.29, 1.82) is 0 Å². The summed E-state index contributed by atoms with van der Waals surface area (Å²) >= 11 is 0. The molecule has 2 aliphatic rings. The first-order valence-electron chi connectivity index (χ1n) is 8.03. The Labute approximate surface area is 140 Å². The molecule has 130 valence electrons. The van der Waals surface area contributed by atoms with Gasteiger partial charge in [0, 0.05) is 5.56 Å². The molecule has 0 atom stereocenters. The van der Waals surface area contributed by atoms with Gasteiger partial charge in [-0.25, -0.2) is 14.6 Å². The minimum Gasteiger partial charge on any atom is -0.461 e. The fourth-order valence-corrected chi connectivity index (χ4v) is 2.92. The quantitative estimate of drug-likeness (QED) is 0.772. The first-order chi connectivity index (χ1) is 11.2. The lowest BCUT2D eigenvalue weighted by Crippen LogP contribution is -2.61. The van der Waals surface area contributed by atoms with E-state index in [0.717, 1.165) is 11.3 Å². The third-order valence-corrected chi connectivity index (χ3v) is 3.98. The van der Waals surface area contributed by atoms with Crippen molar-refractivity contribution in [3.05, 3.63) is 29.1 Å². The molecule has 1 aromatic heterocycles. The van der Waals surface area contributed by atoms with Crippen LogP contribution in [0.2, 0.25) is 0 Å². The van der Waals surface area contributed by atoms with Gasteiger partial charge in [-0.15, -0.1) is 0 Å². The van der Waals surface area contributed by atoms with Crippen LogP contribution in [0.25, 0.3) is 0 Å². The van der Waals surface area contributed by atoms with E-state index >= 15 is 0 Å². The van der Waals surface area contributed by atoms with Crippen molar-refractivity contribution in [3.63, 3.8) is 0 Å². The molecule has 0 aliphatic carbocycles. The number of esters is 1. The number of amides is 1. The van der Waals surface area contributed by atoms with E-state index in [1.807, 2.05) is 26.8 Å². The minimum absolute atomic E-state index is 0.277. The van der Waals surface area contributed by atoms with Crippen LogP contribution in [0.3, 0.4) is 0 Å². The molecule has 2 aliphatic heterocycles. The number of ether oxygens (including phenoxy) is 3. The topological polar surface area (TPSA) is 78.0 Å². The maximum atomic E-state index is 12.1. The molecule has 0 unspecified atom stereocenters. The number of carbonyl (C=O) groups excluding carboxylic acids is 2. The standard InChI is InChI=1S/C17H22N2O5/c1-5-22-14(20)12-7-6-11-13(18-12)8-23-17(11)9-19(10-17)15(21)24-16(2,3)4/h6-7H,5,8-10H2,1-4H3. The van der Waals surface area contributed by atoms with E-state index in [1.54, 1.807) is 17.9 Å². The van der Waals surface area contributed by atoms with Crippen LogP contribution in [0.5, 0.6) is 0 Å². The molecule has 0 radical (unpaired) electrons. The summed E-state index contributed by atoms with van der Waals surface area (Å²) in [6.45, 7) is 8.75. The number of fused-ring (bicyclic) bond motifs is 2. The Kier molecular flexibility index (Phi) is 3.99. The number of aromatic nitrogens is 1. The molecule has 7 heteroatoms. The van der Waals surface area contributed by atoms with Crippen molar-refractivity contribution < 1.29 is 23.8 Å². The normalized spacial score (nSPS) is 18.1. The molecule has 0 N–H and O–H groups in total. The van der Waals surface area contributed by atoms with Crippen molar-refractivity contribution in [3.8, 4) is 0 Å². The van der Waals surface area contributed by atoms with Crippen LogP contribution in [0.4, 0.5) is 4.79 Å². The van der Waals surface area contributed by atoms with E-state index in [4.69, 9.17) is 14.2 Å². The Morgan fingerprint density at radius 1 is 1.33 bits per heavy atom. The Morgan fingerprint density at radius 3 is 2.67 bits per heavy atom. The van der Waals surface area contributed by atoms with E-state index < -0.39 is 17.2 Å². The predicted molar refractivity (Wildman–Crippen MR) is 84.5 cm³/mol. The number of likely N-dealkylation sites (tertiary alicyclic amines) is 1. The van der Waals surface area contributed by atoms with Crippen molar-refractivity contribution in [2.24, 2.45) is 0 Å². The molecule has 1 spiro atoms. The highest BCUT2D eigenvalue weighted by molar-refractivity contribution is 5.87. The Balaban J connectivity index is 1.70. The molecule has 0 bridgehead atoms. The molecule has 1 fully saturated rings. The van der Waals surface area contributed by atoms with Gasteiger partial charge in [-0.05, 0) is 33.8 Å². The first kappa shape index (κ1) is 16.7. The van der Waals surface area contributed by atoms with E-state index in [2.05, 4.69) is 4.98 Å². The summed E-state index contributed by atoms with van der Waals surface area (Å²) in [6, 6.07) is 3.48. The van der Waals surface area contributed by atoms with Crippen molar-refractivity contribution in [1.82, 2.24) is 9.88 Å². The van der Waals surface area contributed by atoms with E-state index in [-0.39, 0.29) is 11.8 Å². The Morgan fingerprint density at radius 2 is 2.04 bits per heavy atom. The molecular formula is C17H22N2O5. The lowest BCUT2D eigenvalue weighted by molar-refractivity contribution is -0.137. The third kappa shape index (κ3) is 2.96. The predicted octanol–water partition coefficient (Wildman–Crippen LogP) is 2.23. The number of rotatable bonds is 2. The van der Waals surface area contributed by atoms with Crippen molar-refractivity contribution in [2.45, 2.75) is 45.5 Å². The smallest absolute Gasteiger partial charge is 0.410 e. The van der Waals surface area contributed by atoms with Gasteiger partial charge < -0.3 is 19.1 Å². The number of pyridine rings is 1. The largest absolute Gasteiger partial charge is 0.461 e. The van der Waals surface area contributed by atoms with E-state index in [9.17, 15) is 9.59 Å². The first-order valence-corrected chi connectivity index (χ1v) is 8.03. The van der Waals surface area contributed by atoms with E-state index in [0.29, 0.717) is 26.3 Å². The van der Waals surface area contributed by atoms with Crippen molar-refractivity contribution >= 4 is 12.1 Å². The summed E-state index contributed by atoms with van der Waals surface area (Å²) in [4.78, 5) is 29.8. The maximum absolute atomic E-state index is 12.1. The molecule has 1 saturated heterocycles. The van der Waals surface area contributed by atoms with Crippen LogP contribution < -0.4 is 0 Å². The zero-order valence-corrected chi connectivity index (χ0v) is 14.4. The average molecular weight is 334 g/mol. The summed E-state index contributed by atoms with van der Waals surface area (Å²) in [7, 11) is 0. The van der Waals surface area contributed by atoms with Crippen LogP contribution in [-0.2, 0) is 26.4 Å². The zero-order valence-electron chi connectivity index (χ0n) is 14.4. The third-order valence-electron chi connectivity index (χ3n) is 3.98. The maximum Gasteiger partial charge on any atom is 0.410 e. The summed E-state index contributed by atoms with van der Waals surface area (Å²) in [6.07, 6.45) is -0.346. The molecular weight excluding hydrogens is 312 g/mol. The van der Waals surface area contributed by atoms with Crippen LogP contribution in [-0.4, -0.2) is 47.2 Å². The minimum atomic E-state index is -0.535. The molecule has 1 amide bonds. The van der Waals surface area contributed by atoms with Gasteiger partial charge in [-0.3, -0.25) is 0 Å². The highest BCUT2D eigenvalue weighted by Gasteiger charge is 2.53. The van der Waals surface area contributed by atoms with Crippen LogP contribution in [0.15, 0.2) is 12.1 Å². The van der Waals surface area contributed by atoms with Gasteiger partial charge in [0.05, 0.1) is 32.0 Å². The number of nitrogens with zero attached hydrogens (tertiary/aromatic N) is 2. The molecule has 7 nitrogen and oxygen atoms in total. The summed E-state index contributed by atoms with van der Waals surface area (Å²) in [5.41, 5.74) is 0.871. The van der Waals surface area contributed by atoms with Crippen LogP contribution in [0, 0.1) is 0 Å². The number of hydrogen-bond acceptors (Lipinski definition) is 6. The molecule has 0 aromatic carbocycles. The van der Waals surface area contributed by atoms with Gasteiger partial charge in [0.15, 0.2) is 0 Å². The fourth-order valence-electron chi connectivity index (χ4n) is 2.92. The highest BCUT2D eigenvalue weighted by atomic mass is 16.6.